The van der Waals surface area contributed by atoms with E-state index in [9.17, 15) is 13.2 Å². The van der Waals surface area contributed by atoms with E-state index in [2.05, 4.69) is 5.10 Å². The molecule has 1 heterocycles. The number of rotatable bonds is 3. The molecule has 1 N–H and O–H groups in total. The topological polar surface area (TPSA) is 37.9 Å². The van der Waals surface area contributed by atoms with Crippen LogP contribution >= 0.6 is 0 Å². The molecular formula is C13H13F3N2O. The first-order chi connectivity index (χ1) is 8.89. The normalized spacial score (nSPS) is 11.9. The maximum absolute atomic E-state index is 13.0. The summed E-state index contributed by atoms with van der Waals surface area (Å²) in [5.41, 5.74) is -0.532. The largest absolute Gasteiger partial charge is 0.473 e. The number of halogens is 3. The van der Waals surface area contributed by atoms with Crippen LogP contribution in [0.4, 0.5) is 13.2 Å². The van der Waals surface area contributed by atoms with E-state index in [0.717, 1.165) is 0 Å². The van der Waals surface area contributed by atoms with Crippen LogP contribution in [0, 0.1) is 0 Å². The van der Waals surface area contributed by atoms with Gasteiger partial charge in [-0.1, -0.05) is 30.3 Å². The Morgan fingerprint density at radius 2 is 1.79 bits per heavy atom. The van der Waals surface area contributed by atoms with Crippen molar-refractivity contribution in [2.45, 2.75) is 26.1 Å². The number of hydrogen-bond acceptors (Lipinski definition) is 2. The number of ether oxygens (including phenoxy) is 1. The minimum atomic E-state index is -4.50. The van der Waals surface area contributed by atoms with Crippen LogP contribution < -0.4 is 4.74 Å². The lowest BCUT2D eigenvalue weighted by Crippen LogP contribution is -2.09. The first-order valence-electron chi connectivity index (χ1n) is 5.77. The summed E-state index contributed by atoms with van der Waals surface area (Å²) in [4.78, 5) is 0. The average molecular weight is 270 g/mol. The van der Waals surface area contributed by atoms with Gasteiger partial charge < -0.3 is 4.74 Å². The minimum Gasteiger partial charge on any atom is -0.473 e. The number of benzene rings is 1. The molecule has 0 saturated heterocycles. The fourth-order valence-electron chi connectivity index (χ4n) is 1.71. The molecule has 6 heteroatoms. The Kier molecular flexibility index (Phi) is 3.50. The minimum absolute atomic E-state index is 0.0338. The van der Waals surface area contributed by atoms with Crippen molar-refractivity contribution < 1.29 is 17.9 Å². The molecule has 0 aliphatic heterocycles. The molecule has 0 saturated carbocycles. The fraction of sp³-hybridized carbons (Fsp3) is 0.308. The van der Waals surface area contributed by atoms with Crippen molar-refractivity contribution in [2.24, 2.45) is 0 Å². The number of alkyl halides is 3. The van der Waals surface area contributed by atoms with Crippen molar-refractivity contribution in [3.05, 3.63) is 36.0 Å². The molecule has 0 radical (unpaired) electrons. The van der Waals surface area contributed by atoms with E-state index < -0.39 is 11.9 Å². The molecule has 0 aliphatic rings. The molecule has 0 fully saturated rings. The van der Waals surface area contributed by atoms with Crippen molar-refractivity contribution in [3.63, 3.8) is 0 Å². The van der Waals surface area contributed by atoms with Gasteiger partial charge in [0.15, 0.2) is 5.69 Å². The number of nitrogens with zero attached hydrogens (tertiary/aromatic N) is 1. The van der Waals surface area contributed by atoms with Crippen LogP contribution in [-0.2, 0) is 6.18 Å². The number of H-pyrrole nitrogens is 1. The fourth-order valence-corrected chi connectivity index (χ4v) is 1.71. The summed E-state index contributed by atoms with van der Waals surface area (Å²) >= 11 is 0. The molecule has 0 amide bonds. The molecule has 2 rings (SSSR count). The van der Waals surface area contributed by atoms with E-state index in [1.54, 1.807) is 44.2 Å². The highest BCUT2D eigenvalue weighted by molar-refractivity contribution is 5.71. The Morgan fingerprint density at radius 1 is 1.16 bits per heavy atom. The maximum Gasteiger partial charge on any atom is 0.433 e. The smallest absolute Gasteiger partial charge is 0.433 e. The van der Waals surface area contributed by atoms with Crippen molar-refractivity contribution >= 4 is 0 Å². The third-order valence-corrected chi connectivity index (χ3v) is 2.43. The number of hydrogen-bond donors (Lipinski definition) is 1. The molecule has 19 heavy (non-hydrogen) atoms. The average Bonchev–Trinajstić information content (AvgIpc) is 2.72. The highest BCUT2D eigenvalue weighted by Crippen LogP contribution is 2.40. The maximum atomic E-state index is 13.0. The molecule has 102 valence electrons. The van der Waals surface area contributed by atoms with Gasteiger partial charge >= 0.3 is 6.18 Å². The Hall–Kier alpha value is -1.98. The van der Waals surface area contributed by atoms with Crippen LogP contribution in [0.1, 0.15) is 19.5 Å². The van der Waals surface area contributed by atoms with E-state index in [-0.39, 0.29) is 17.5 Å². The summed E-state index contributed by atoms with van der Waals surface area (Å²) in [5.74, 6) is -0.0338. The highest BCUT2D eigenvalue weighted by Gasteiger charge is 2.38. The predicted molar refractivity (Wildman–Crippen MR) is 64.8 cm³/mol. The highest BCUT2D eigenvalue weighted by atomic mass is 19.4. The summed E-state index contributed by atoms with van der Waals surface area (Å²) in [6, 6.07) is 8.25. The molecule has 0 unspecified atom stereocenters. The second kappa shape index (κ2) is 4.95. The first kappa shape index (κ1) is 13.5. The Bertz CT molecular complexity index is 547. The first-order valence-corrected chi connectivity index (χ1v) is 5.77. The van der Waals surface area contributed by atoms with Gasteiger partial charge in [0, 0.05) is 0 Å². The lowest BCUT2D eigenvalue weighted by Gasteiger charge is -2.11. The van der Waals surface area contributed by atoms with Gasteiger partial charge in [-0.2, -0.15) is 13.2 Å². The number of aromatic nitrogens is 2. The quantitative estimate of drug-likeness (QED) is 0.919. The molecule has 3 nitrogen and oxygen atoms in total. The van der Waals surface area contributed by atoms with Gasteiger partial charge in [0.1, 0.15) is 0 Å². The zero-order valence-corrected chi connectivity index (χ0v) is 10.5. The molecule has 0 atom stereocenters. The van der Waals surface area contributed by atoms with Crippen LogP contribution in [0.15, 0.2) is 30.3 Å². The summed E-state index contributed by atoms with van der Waals surface area (Å²) < 4.78 is 44.2. The van der Waals surface area contributed by atoms with Gasteiger partial charge in [-0.3, -0.25) is 5.10 Å². The van der Waals surface area contributed by atoms with E-state index in [1.165, 1.54) is 0 Å². The summed E-state index contributed by atoms with van der Waals surface area (Å²) in [5, 5.41) is 5.65. The summed E-state index contributed by atoms with van der Waals surface area (Å²) in [6.45, 7) is 3.47. The Morgan fingerprint density at radius 3 is 2.32 bits per heavy atom. The van der Waals surface area contributed by atoms with Gasteiger partial charge in [-0.25, -0.2) is 0 Å². The van der Waals surface area contributed by atoms with Gasteiger partial charge in [0.25, 0.3) is 0 Å². The monoisotopic (exact) mass is 270 g/mol. The van der Waals surface area contributed by atoms with E-state index >= 15 is 0 Å². The lowest BCUT2D eigenvalue weighted by atomic mass is 10.1. The zero-order valence-electron chi connectivity index (χ0n) is 10.5. The molecule has 0 bridgehead atoms. The summed E-state index contributed by atoms with van der Waals surface area (Å²) in [7, 11) is 0. The Labute approximate surface area is 108 Å². The van der Waals surface area contributed by atoms with Gasteiger partial charge in [0.2, 0.25) is 5.88 Å². The van der Waals surface area contributed by atoms with Gasteiger partial charge in [0.05, 0.1) is 11.7 Å². The van der Waals surface area contributed by atoms with Crippen LogP contribution in [0.2, 0.25) is 0 Å². The molecule has 1 aromatic heterocycles. The standard InChI is InChI=1S/C13H13F3N2O/c1-8(2)19-12-10(9-6-4-3-5-7-9)11(17-18-12)13(14,15)16/h3-8H,1-2H3,(H,17,18). The third-order valence-electron chi connectivity index (χ3n) is 2.43. The van der Waals surface area contributed by atoms with Crippen molar-refractivity contribution in [3.8, 4) is 17.0 Å². The molecule has 1 aromatic carbocycles. The second-order valence-corrected chi connectivity index (χ2v) is 4.31. The van der Waals surface area contributed by atoms with Gasteiger partial charge in [-0.05, 0) is 19.4 Å². The predicted octanol–water partition coefficient (Wildman–Crippen LogP) is 3.88. The molecule has 2 aromatic rings. The van der Waals surface area contributed by atoms with Crippen LogP contribution in [0.3, 0.4) is 0 Å². The van der Waals surface area contributed by atoms with E-state index in [0.29, 0.717) is 5.56 Å². The third kappa shape index (κ3) is 2.89. The molecule has 0 aliphatic carbocycles. The van der Waals surface area contributed by atoms with E-state index in [1.807, 2.05) is 5.10 Å². The van der Waals surface area contributed by atoms with Crippen molar-refractivity contribution in [1.82, 2.24) is 10.2 Å². The molecular weight excluding hydrogens is 257 g/mol. The summed E-state index contributed by atoms with van der Waals surface area (Å²) in [6.07, 6.45) is -4.76. The SMILES string of the molecule is CC(C)Oc1n[nH]c(C(F)(F)F)c1-c1ccccc1. The number of nitrogens with one attached hydrogen (secondary N) is 1. The van der Waals surface area contributed by atoms with E-state index in [4.69, 9.17) is 4.74 Å². The van der Waals surface area contributed by atoms with Crippen LogP contribution in [0.5, 0.6) is 5.88 Å². The molecule has 0 spiro atoms. The van der Waals surface area contributed by atoms with Crippen LogP contribution in [0.25, 0.3) is 11.1 Å². The second-order valence-electron chi connectivity index (χ2n) is 4.31. The van der Waals surface area contributed by atoms with Crippen molar-refractivity contribution in [1.29, 1.82) is 0 Å². The Balaban J connectivity index is 2.57. The van der Waals surface area contributed by atoms with Gasteiger partial charge in [-0.15, -0.1) is 5.10 Å². The zero-order chi connectivity index (χ0) is 14.0. The van der Waals surface area contributed by atoms with Crippen LogP contribution in [-0.4, -0.2) is 16.3 Å². The van der Waals surface area contributed by atoms with Crippen molar-refractivity contribution in [2.75, 3.05) is 0 Å². The number of aromatic amines is 1. The lowest BCUT2D eigenvalue weighted by molar-refractivity contribution is -0.140.